The lowest BCUT2D eigenvalue weighted by Gasteiger charge is -2.24. The number of hydrogen-bond acceptors (Lipinski definition) is 2. The molecule has 18 heavy (non-hydrogen) atoms. The lowest BCUT2D eigenvalue weighted by molar-refractivity contribution is -0.141. The van der Waals surface area contributed by atoms with Crippen LogP contribution in [0.25, 0.3) is 0 Å². The zero-order valence-electron chi connectivity index (χ0n) is 10.7. The van der Waals surface area contributed by atoms with Crippen molar-refractivity contribution in [1.82, 2.24) is 9.47 Å². The van der Waals surface area contributed by atoms with E-state index in [1.165, 1.54) is 0 Å². The molecule has 1 aromatic heterocycles. The molecular weight excluding hydrogens is 232 g/mol. The summed E-state index contributed by atoms with van der Waals surface area (Å²) in [6.07, 6.45) is 3.77. The molecule has 0 aliphatic heterocycles. The first kappa shape index (κ1) is 12.7. The first-order valence-electron chi connectivity index (χ1n) is 6.16. The second-order valence-electron chi connectivity index (χ2n) is 4.93. The van der Waals surface area contributed by atoms with Crippen molar-refractivity contribution in [2.45, 2.75) is 25.8 Å². The molecule has 0 aromatic carbocycles. The number of nitrogens with zero attached hydrogens (tertiary/aromatic N) is 2. The van der Waals surface area contributed by atoms with E-state index in [0.29, 0.717) is 5.69 Å². The molecule has 1 amide bonds. The van der Waals surface area contributed by atoms with Crippen LogP contribution in [0.2, 0.25) is 0 Å². The summed E-state index contributed by atoms with van der Waals surface area (Å²) in [5.41, 5.74) is 0.611. The van der Waals surface area contributed by atoms with Crippen molar-refractivity contribution in [1.29, 1.82) is 0 Å². The molecule has 98 valence electrons. The van der Waals surface area contributed by atoms with Gasteiger partial charge in [0.05, 0.1) is 5.92 Å². The van der Waals surface area contributed by atoms with Crippen LogP contribution in [0.3, 0.4) is 0 Å². The highest BCUT2D eigenvalue weighted by Crippen LogP contribution is 2.29. The molecule has 1 saturated carbocycles. The van der Waals surface area contributed by atoms with E-state index in [9.17, 15) is 9.59 Å². The molecule has 2 rings (SSSR count). The third kappa shape index (κ3) is 2.55. The summed E-state index contributed by atoms with van der Waals surface area (Å²) >= 11 is 0. The standard InChI is InChI=1S/C13H18N2O3/c1-9(13(17)18)8-15(10-5-6-10)12(16)11-4-3-7-14(11)2/h3-4,7,9-10H,5-6,8H2,1-2H3,(H,17,18). The minimum absolute atomic E-state index is 0.0712. The monoisotopic (exact) mass is 250 g/mol. The summed E-state index contributed by atoms with van der Waals surface area (Å²) in [4.78, 5) is 25.0. The number of aromatic nitrogens is 1. The Morgan fingerprint density at radius 3 is 2.67 bits per heavy atom. The zero-order chi connectivity index (χ0) is 13.3. The molecule has 1 heterocycles. The van der Waals surface area contributed by atoms with Crippen LogP contribution >= 0.6 is 0 Å². The van der Waals surface area contributed by atoms with Gasteiger partial charge < -0.3 is 14.6 Å². The quantitative estimate of drug-likeness (QED) is 0.858. The number of carbonyl (C=O) groups is 2. The van der Waals surface area contributed by atoms with Crippen LogP contribution in [0.4, 0.5) is 0 Å². The molecule has 0 bridgehead atoms. The van der Waals surface area contributed by atoms with Crippen molar-refractivity contribution in [3.63, 3.8) is 0 Å². The molecular formula is C13H18N2O3. The van der Waals surface area contributed by atoms with Gasteiger partial charge in [0, 0.05) is 25.8 Å². The maximum atomic E-state index is 12.4. The van der Waals surface area contributed by atoms with E-state index in [0.717, 1.165) is 12.8 Å². The molecule has 0 spiro atoms. The van der Waals surface area contributed by atoms with Gasteiger partial charge in [-0.25, -0.2) is 0 Å². The Labute approximate surface area is 106 Å². The maximum Gasteiger partial charge on any atom is 0.308 e. The predicted molar refractivity (Wildman–Crippen MR) is 66.3 cm³/mol. The van der Waals surface area contributed by atoms with Gasteiger partial charge in [0.15, 0.2) is 0 Å². The molecule has 1 aliphatic carbocycles. The van der Waals surface area contributed by atoms with Gasteiger partial charge in [-0.3, -0.25) is 9.59 Å². The Bertz CT molecular complexity index is 463. The van der Waals surface area contributed by atoms with Crippen molar-refractivity contribution in [3.8, 4) is 0 Å². The van der Waals surface area contributed by atoms with E-state index in [4.69, 9.17) is 5.11 Å². The Kier molecular flexibility index (Phi) is 3.41. The molecule has 1 aromatic rings. The second kappa shape index (κ2) is 4.84. The van der Waals surface area contributed by atoms with E-state index in [2.05, 4.69) is 0 Å². The van der Waals surface area contributed by atoms with Gasteiger partial charge in [0.2, 0.25) is 0 Å². The van der Waals surface area contributed by atoms with Crippen molar-refractivity contribution in [3.05, 3.63) is 24.0 Å². The average molecular weight is 250 g/mol. The predicted octanol–water partition coefficient (Wildman–Crippen LogP) is 1.35. The highest BCUT2D eigenvalue weighted by Gasteiger charge is 2.35. The SMILES string of the molecule is CC(CN(C(=O)c1cccn1C)C1CC1)C(=O)O. The van der Waals surface area contributed by atoms with Crippen molar-refractivity contribution >= 4 is 11.9 Å². The number of hydrogen-bond donors (Lipinski definition) is 1. The molecule has 1 atom stereocenters. The van der Waals surface area contributed by atoms with Crippen molar-refractivity contribution in [2.24, 2.45) is 13.0 Å². The number of carbonyl (C=O) groups excluding carboxylic acids is 1. The minimum Gasteiger partial charge on any atom is -0.481 e. The van der Waals surface area contributed by atoms with Crippen LogP contribution in [0.5, 0.6) is 0 Å². The van der Waals surface area contributed by atoms with Gasteiger partial charge >= 0.3 is 5.97 Å². The van der Waals surface area contributed by atoms with Gasteiger partial charge in [-0.05, 0) is 25.0 Å². The summed E-state index contributed by atoms with van der Waals surface area (Å²) in [6, 6.07) is 3.80. The third-order valence-electron chi connectivity index (χ3n) is 3.30. The summed E-state index contributed by atoms with van der Waals surface area (Å²) in [6.45, 7) is 1.92. The fourth-order valence-corrected chi connectivity index (χ4v) is 1.99. The van der Waals surface area contributed by atoms with Crippen molar-refractivity contribution in [2.75, 3.05) is 6.54 Å². The lowest BCUT2D eigenvalue weighted by atomic mass is 10.1. The van der Waals surface area contributed by atoms with E-state index in [-0.39, 0.29) is 18.5 Å². The topological polar surface area (TPSA) is 62.5 Å². The zero-order valence-corrected chi connectivity index (χ0v) is 10.7. The van der Waals surface area contributed by atoms with Gasteiger partial charge in [0.25, 0.3) is 5.91 Å². The highest BCUT2D eigenvalue weighted by atomic mass is 16.4. The number of carboxylic acid groups (broad SMARTS) is 1. The molecule has 0 saturated heterocycles. The number of aryl methyl sites for hydroxylation is 1. The molecule has 1 fully saturated rings. The molecule has 5 nitrogen and oxygen atoms in total. The van der Waals surface area contributed by atoms with Crippen molar-refractivity contribution < 1.29 is 14.7 Å². The van der Waals surface area contributed by atoms with Gasteiger partial charge in [-0.2, -0.15) is 0 Å². The Hall–Kier alpha value is -1.78. The third-order valence-corrected chi connectivity index (χ3v) is 3.30. The van der Waals surface area contributed by atoms with Gasteiger partial charge in [-0.15, -0.1) is 0 Å². The molecule has 1 aliphatic rings. The Morgan fingerprint density at radius 1 is 1.56 bits per heavy atom. The summed E-state index contributed by atoms with van der Waals surface area (Å²) in [5.74, 6) is -1.46. The van der Waals surface area contributed by atoms with Crippen LogP contribution in [0.1, 0.15) is 30.3 Å². The smallest absolute Gasteiger partial charge is 0.308 e. The fraction of sp³-hybridized carbons (Fsp3) is 0.538. The lowest BCUT2D eigenvalue weighted by Crippen LogP contribution is -2.39. The number of rotatable bonds is 5. The van der Waals surface area contributed by atoms with Crippen LogP contribution < -0.4 is 0 Å². The van der Waals surface area contributed by atoms with Gasteiger partial charge in [0.1, 0.15) is 5.69 Å². The second-order valence-corrected chi connectivity index (χ2v) is 4.93. The normalized spacial score (nSPS) is 16.3. The van der Waals surface area contributed by atoms with E-state index in [1.807, 2.05) is 19.3 Å². The minimum atomic E-state index is -0.861. The Morgan fingerprint density at radius 2 is 2.22 bits per heavy atom. The van der Waals surface area contributed by atoms with Crippen LogP contribution in [0, 0.1) is 5.92 Å². The highest BCUT2D eigenvalue weighted by molar-refractivity contribution is 5.93. The Balaban J connectivity index is 2.13. The van der Waals surface area contributed by atoms with Gasteiger partial charge in [-0.1, -0.05) is 6.92 Å². The number of carboxylic acids is 1. The van der Waals surface area contributed by atoms with E-state index >= 15 is 0 Å². The molecule has 0 radical (unpaired) electrons. The summed E-state index contributed by atoms with van der Waals surface area (Å²) in [5, 5.41) is 8.96. The molecule has 1 unspecified atom stereocenters. The molecule has 5 heteroatoms. The first-order chi connectivity index (χ1) is 8.50. The molecule has 1 N–H and O–H groups in total. The summed E-state index contributed by atoms with van der Waals surface area (Å²) in [7, 11) is 1.82. The number of amides is 1. The summed E-state index contributed by atoms with van der Waals surface area (Å²) < 4.78 is 1.77. The largest absolute Gasteiger partial charge is 0.481 e. The average Bonchev–Trinajstić information content (AvgIpc) is 3.07. The van der Waals surface area contributed by atoms with Crippen LogP contribution in [0.15, 0.2) is 18.3 Å². The maximum absolute atomic E-state index is 12.4. The van der Waals surface area contributed by atoms with Crippen LogP contribution in [-0.2, 0) is 11.8 Å². The van der Waals surface area contributed by atoms with E-state index < -0.39 is 11.9 Å². The number of aliphatic carboxylic acids is 1. The van der Waals surface area contributed by atoms with Crippen LogP contribution in [-0.4, -0.2) is 39.0 Å². The fourth-order valence-electron chi connectivity index (χ4n) is 1.99. The van der Waals surface area contributed by atoms with E-state index in [1.54, 1.807) is 22.5 Å². The first-order valence-corrected chi connectivity index (χ1v) is 6.16.